The summed E-state index contributed by atoms with van der Waals surface area (Å²) in [6, 6.07) is 19.6. The van der Waals surface area contributed by atoms with E-state index in [2.05, 4.69) is 73.7 Å². The van der Waals surface area contributed by atoms with Crippen molar-refractivity contribution in [1.82, 2.24) is 9.62 Å². The Bertz CT molecular complexity index is 1410. The molecule has 0 unspecified atom stereocenters. The predicted octanol–water partition coefficient (Wildman–Crippen LogP) is 5.55. The standard InChI is InChI=1S/C33H43N3O4S/c1-23(2)30-19-27(26-9-11-28(12-10-26)36-15-17-40-18-16-36)20-31(24(3)4)32(30)21-33(37)34-41(38,39)29-13-7-25(8-14-29)22-35(5)6/h7-14,19-20,23-24H,15-18,21-22H2,1-6H3,(H,34,37). The highest BCUT2D eigenvalue weighted by Crippen LogP contribution is 2.35. The van der Waals surface area contributed by atoms with Crippen LogP contribution < -0.4 is 9.62 Å². The number of sulfonamides is 1. The minimum atomic E-state index is -3.98. The summed E-state index contributed by atoms with van der Waals surface area (Å²) in [5, 5.41) is 0. The molecule has 7 nitrogen and oxygen atoms in total. The highest BCUT2D eigenvalue weighted by molar-refractivity contribution is 7.90. The minimum Gasteiger partial charge on any atom is -0.378 e. The van der Waals surface area contributed by atoms with Gasteiger partial charge in [0.15, 0.2) is 0 Å². The summed E-state index contributed by atoms with van der Waals surface area (Å²) >= 11 is 0. The van der Waals surface area contributed by atoms with Crippen molar-refractivity contribution in [3.63, 3.8) is 0 Å². The van der Waals surface area contributed by atoms with Crippen LogP contribution in [-0.4, -0.2) is 59.6 Å². The molecule has 3 aromatic carbocycles. The van der Waals surface area contributed by atoms with E-state index >= 15 is 0 Å². The number of benzene rings is 3. The van der Waals surface area contributed by atoms with Crippen molar-refractivity contribution in [3.05, 3.63) is 82.9 Å². The molecular weight excluding hydrogens is 534 g/mol. The molecule has 220 valence electrons. The molecule has 1 fully saturated rings. The molecule has 1 heterocycles. The summed E-state index contributed by atoms with van der Waals surface area (Å²) in [4.78, 5) is 17.6. The van der Waals surface area contributed by atoms with Crippen molar-refractivity contribution in [3.8, 4) is 11.1 Å². The zero-order valence-electron chi connectivity index (χ0n) is 25.1. The van der Waals surface area contributed by atoms with E-state index < -0.39 is 15.9 Å². The Hall–Kier alpha value is -3.20. The maximum absolute atomic E-state index is 13.2. The van der Waals surface area contributed by atoms with Crippen molar-refractivity contribution < 1.29 is 17.9 Å². The number of hydrogen-bond donors (Lipinski definition) is 1. The highest BCUT2D eigenvalue weighted by atomic mass is 32.2. The van der Waals surface area contributed by atoms with Crippen molar-refractivity contribution in [2.75, 3.05) is 45.3 Å². The van der Waals surface area contributed by atoms with E-state index in [0.717, 1.165) is 59.7 Å². The molecule has 1 aliphatic heterocycles. The highest BCUT2D eigenvalue weighted by Gasteiger charge is 2.23. The lowest BCUT2D eigenvalue weighted by molar-refractivity contribution is -0.118. The third-order valence-corrected chi connectivity index (χ3v) is 8.85. The van der Waals surface area contributed by atoms with E-state index in [-0.39, 0.29) is 23.2 Å². The number of carbonyl (C=O) groups is 1. The first kappa shape index (κ1) is 30.8. The molecule has 3 aromatic rings. The second-order valence-electron chi connectivity index (χ2n) is 11.7. The maximum Gasteiger partial charge on any atom is 0.264 e. The molecule has 0 atom stereocenters. The fourth-order valence-electron chi connectivity index (χ4n) is 5.35. The van der Waals surface area contributed by atoms with Crippen molar-refractivity contribution in [1.29, 1.82) is 0 Å². The number of amides is 1. The molecule has 4 rings (SSSR count). The van der Waals surface area contributed by atoms with Crippen molar-refractivity contribution >= 4 is 21.6 Å². The van der Waals surface area contributed by atoms with Crippen LogP contribution in [0.15, 0.2) is 65.6 Å². The quantitative estimate of drug-likeness (QED) is 0.341. The molecule has 8 heteroatoms. The van der Waals surface area contributed by atoms with E-state index in [9.17, 15) is 13.2 Å². The smallest absolute Gasteiger partial charge is 0.264 e. The van der Waals surface area contributed by atoms with Crippen LogP contribution in [0.25, 0.3) is 11.1 Å². The number of anilines is 1. The summed E-state index contributed by atoms with van der Waals surface area (Å²) < 4.78 is 33.9. The summed E-state index contributed by atoms with van der Waals surface area (Å²) in [7, 11) is -0.0709. The average molecular weight is 578 g/mol. The molecule has 1 amide bonds. The number of ether oxygens (including phenoxy) is 1. The molecule has 0 spiro atoms. The maximum atomic E-state index is 13.2. The molecule has 41 heavy (non-hydrogen) atoms. The van der Waals surface area contributed by atoms with Gasteiger partial charge in [0.1, 0.15) is 0 Å². The Morgan fingerprint density at radius 1 is 0.878 bits per heavy atom. The summed E-state index contributed by atoms with van der Waals surface area (Å²) in [6.07, 6.45) is -0.00474. The van der Waals surface area contributed by atoms with Gasteiger partial charge in [0.25, 0.3) is 10.0 Å². The predicted molar refractivity (Wildman–Crippen MR) is 166 cm³/mol. The third-order valence-electron chi connectivity index (χ3n) is 7.46. The Morgan fingerprint density at radius 2 is 1.44 bits per heavy atom. The Kier molecular flexibility index (Phi) is 9.89. The van der Waals surface area contributed by atoms with Crippen LogP contribution >= 0.6 is 0 Å². The van der Waals surface area contributed by atoms with E-state index in [1.54, 1.807) is 24.3 Å². The molecular formula is C33H43N3O4S. The monoisotopic (exact) mass is 577 g/mol. The van der Waals surface area contributed by atoms with Gasteiger partial charge in [-0.05, 0) is 83.6 Å². The van der Waals surface area contributed by atoms with Gasteiger partial charge in [0.05, 0.1) is 24.5 Å². The van der Waals surface area contributed by atoms with Gasteiger partial charge < -0.3 is 14.5 Å². The van der Waals surface area contributed by atoms with Crippen LogP contribution in [0.1, 0.15) is 61.8 Å². The molecule has 0 radical (unpaired) electrons. The number of nitrogens with zero attached hydrogens (tertiary/aromatic N) is 2. The summed E-state index contributed by atoms with van der Waals surface area (Å²) in [5.41, 5.74) is 7.42. The molecule has 0 bridgehead atoms. The first-order valence-electron chi connectivity index (χ1n) is 14.3. The largest absolute Gasteiger partial charge is 0.378 e. The fraction of sp³-hybridized carbons (Fsp3) is 0.424. The van der Waals surface area contributed by atoms with Crippen LogP contribution in [-0.2, 0) is 32.5 Å². The van der Waals surface area contributed by atoms with E-state index in [0.29, 0.717) is 6.54 Å². The zero-order chi connectivity index (χ0) is 29.7. The molecule has 1 aliphatic rings. The van der Waals surface area contributed by atoms with Crippen LogP contribution in [0, 0.1) is 0 Å². The van der Waals surface area contributed by atoms with Gasteiger partial charge >= 0.3 is 0 Å². The Morgan fingerprint density at radius 3 is 1.95 bits per heavy atom. The topological polar surface area (TPSA) is 79.0 Å². The van der Waals surface area contributed by atoms with Crippen molar-refractivity contribution in [2.24, 2.45) is 0 Å². The van der Waals surface area contributed by atoms with Crippen LogP contribution in [0.5, 0.6) is 0 Å². The van der Waals surface area contributed by atoms with Gasteiger partial charge in [0.2, 0.25) is 5.91 Å². The van der Waals surface area contributed by atoms with Gasteiger partial charge in [-0.3, -0.25) is 4.79 Å². The number of rotatable bonds is 10. The molecule has 0 aliphatic carbocycles. The SMILES string of the molecule is CC(C)c1cc(-c2ccc(N3CCOCC3)cc2)cc(C(C)C)c1CC(=O)NS(=O)(=O)c1ccc(CN(C)C)cc1. The molecule has 1 saturated heterocycles. The second-order valence-corrected chi connectivity index (χ2v) is 13.4. The lowest BCUT2D eigenvalue weighted by Crippen LogP contribution is -2.36. The Labute approximate surface area is 245 Å². The van der Waals surface area contributed by atoms with Gasteiger partial charge in [0, 0.05) is 25.3 Å². The third kappa shape index (κ3) is 7.76. The number of nitrogens with one attached hydrogen (secondary N) is 1. The normalized spacial score (nSPS) is 14.2. The van der Waals surface area contributed by atoms with Gasteiger partial charge in [-0.15, -0.1) is 0 Å². The second kappa shape index (κ2) is 13.2. The number of carbonyl (C=O) groups excluding carboxylic acids is 1. The zero-order valence-corrected chi connectivity index (χ0v) is 25.9. The van der Waals surface area contributed by atoms with Crippen LogP contribution in [0.3, 0.4) is 0 Å². The van der Waals surface area contributed by atoms with E-state index in [1.165, 1.54) is 5.69 Å². The lowest BCUT2D eigenvalue weighted by Gasteiger charge is -2.29. The van der Waals surface area contributed by atoms with Gasteiger partial charge in [-0.1, -0.05) is 64.1 Å². The summed E-state index contributed by atoms with van der Waals surface area (Å²) in [6.45, 7) is 12.4. The lowest BCUT2D eigenvalue weighted by atomic mass is 9.84. The molecule has 1 N–H and O–H groups in total. The fourth-order valence-corrected chi connectivity index (χ4v) is 6.33. The first-order valence-corrected chi connectivity index (χ1v) is 15.8. The van der Waals surface area contributed by atoms with Crippen LogP contribution in [0.4, 0.5) is 5.69 Å². The van der Waals surface area contributed by atoms with Gasteiger partial charge in [-0.25, -0.2) is 13.1 Å². The van der Waals surface area contributed by atoms with E-state index in [1.807, 2.05) is 19.0 Å². The molecule has 0 aromatic heterocycles. The Balaban J connectivity index is 1.58. The van der Waals surface area contributed by atoms with Crippen LogP contribution in [0.2, 0.25) is 0 Å². The average Bonchev–Trinajstić information content (AvgIpc) is 2.93. The first-order chi connectivity index (χ1) is 19.4. The van der Waals surface area contributed by atoms with Crippen molar-refractivity contribution in [2.45, 2.75) is 57.4 Å². The van der Waals surface area contributed by atoms with Gasteiger partial charge in [-0.2, -0.15) is 0 Å². The number of hydrogen-bond acceptors (Lipinski definition) is 6. The minimum absolute atomic E-state index is 0.00474. The van der Waals surface area contributed by atoms with E-state index in [4.69, 9.17) is 4.74 Å². The molecule has 0 saturated carbocycles. The number of morpholine rings is 1. The summed E-state index contributed by atoms with van der Waals surface area (Å²) in [5.74, 6) is -0.221.